The van der Waals surface area contributed by atoms with Gasteiger partial charge in [0.1, 0.15) is 5.75 Å². The summed E-state index contributed by atoms with van der Waals surface area (Å²) in [5.41, 5.74) is 1.67. The third-order valence-electron chi connectivity index (χ3n) is 2.71. The Balaban J connectivity index is 2.17. The number of benzene rings is 1. The maximum Gasteiger partial charge on any atom is 0.306 e. The van der Waals surface area contributed by atoms with Crippen molar-refractivity contribution in [3.05, 3.63) is 23.8 Å². The first-order valence-corrected chi connectivity index (χ1v) is 5.32. The van der Waals surface area contributed by atoms with E-state index in [1.54, 1.807) is 24.1 Å². The second kappa shape index (κ2) is 4.45. The van der Waals surface area contributed by atoms with Crippen molar-refractivity contribution in [2.24, 2.45) is 0 Å². The van der Waals surface area contributed by atoms with Gasteiger partial charge < -0.3 is 14.7 Å². The molecule has 0 saturated carbocycles. The van der Waals surface area contributed by atoms with E-state index < -0.39 is 5.97 Å². The van der Waals surface area contributed by atoms with Crippen molar-refractivity contribution < 1.29 is 19.4 Å². The van der Waals surface area contributed by atoms with Crippen LogP contribution in [0.4, 0.5) is 5.69 Å². The van der Waals surface area contributed by atoms with Gasteiger partial charge in [-0.15, -0.1) is 0 Å². The van der Waals surface area contributed by atoms with Crippen molar-refractivity contribution in [1.29, 1.82) is 0 Å². The molecular weight excluding hydrogens is 222 g/mol. The standard InChI is InChI=1S/C12H13NO4/c1-13-10(14)7-8-3-2-4-9(12(8)13)17-6-5-11(15)16/h2-4H,5-7H2,1H3,(H,15,16). The number of carbonyl (C=O) groups is 2. The van der Waals surface area contributed by atoms with E-state index in [4.69, 9.17) is 9.84 Å². The van der Waals surface area contributed by atoms with Gasteiger partial charge in [-0.3, -0.25) is 9.59 Å². The van der Waals surface area contributed by atoms with Gasteiger partial charge >= 0.3 is 5.97 Å². The fraction of sp³-hybridized carbons (Fsp3) is 0.333. The van der Waals surface area contributed by atoms with Gasteiger partial charge in [-0.1, -0.05) is 12.1 Å². The summed E-state index contributed by atoms with van der Waals surface area (Å²) in [7, 11) is 1.69. The molecular formula is C12H13NO4. The van der Waals surface area contributed by atoms with Gasteiger partial charge in [-0.05, 0) is 11.6 Å². The molecule has 0 aliphatic carbocycles. The normalized spacial score (nSPS) is 13.7. The molecule has 2 rings (SSSR count). The molecule has 0 fully saturated rings. The fourth-order valence-electron chi connectivity index (χ4n) is 1.86. The van der Waals surface area contributed by atoms with E-state index in [2.05, 4.69) is 0 Å². The topological polar surface area (TPSA) is 66.8 Å². The number of carboxylic acid groups (broad SMARTS) is 1. The molecule has 1 aliphatic heterocycles. The van der Waals surface area contributed by atoms with E-state index in [0.717, 1.165) is 11.3 Å². The van der Waals surface area contributed by atoms with E-state index in [1.165, 1.54) is 0 Å². The first-order valence-electron chi connectivity index (χ1n) is 5.32. The Kier molecular flexibility index (Phi) is 2.99. The minimum Gasteiger partial charge on any atom is -0.491 e. The van der Waals surface area contributed by atoms with E-state index in [1.807, 2.05) is 6.07 Å². The van der Waals surface area contributed by atoms with Crippen LogP contribution in [0.1, 0.15) is 12.0 Å². The minimum absolute atomic E-state index is 0.0225. The molecule has 1 aromatic carbocycles. The fourth-order valence-corrected chi connectivity index (χ4v) is 1.86. The van der Waals surface area contributed by atoms with Crippen LogP contribution in [-0.4, -0.2) is 30.6 Å². The van der Waals surface area contributed by atoms with Crippen LogP contribution in [0, 0.1) is 0 Å². The molecule has 1 amide bonds. The lowest BCUT2D eigenvalue weighted by Gasteiger charge is -2.15. The zero-order valence-corrected chi connectivity index (χ0v) is 9.47. The number of amides is 1. The molecule has 1 aliphatic rings. The highest BCUT2D eigenvalue weighted by Gasteiger charge is 2.27. The maximum atomic E-state index is 11.5. The molecule has 1 N–H and O–H groups in total. The Morgan fingerprint density at radius 2 is 2.29 bits per heavy atom. The lowest BCUT2D eigenvalue weighted by atomic mass is 10.1. The molecule has 0 aromatic heterocycles. The number of hydrogen-bond acceptors (Lipinski definition) is 3. The van der Waals surface area contributed by atoms with E-state index in [0.29, 0.717) is 12.2 Å². The van der Waals surface area contributed by atoms with E-state index in [9.17, 15) is 9.59 Å². The number of hydrogen-bond donors (Lipinski definition) is 1. The number of aliphatic carboxylic acids is 1. The second-order valence-corrected chi connectivity index (χ2v) is 3.89. The van der Waals surface area contributed by atoms with E-state index in [-0.39, 0.29) is 18.9 Å². The quantitative estimate of drug-likeness (QED) is 0.847. The first-order chi connectivity index (χ1) is 8.09. The molecule has 0 radical (unpaired) electrons. The average Bonchev–Trinajstić information content (AvgIpc) is 2.55. The molecule has 17 heavy (non-hydrogen) atoms. The van der Waals surface area contributed by atoms with Crippen LogP contribution in [-0.2, 0) is 16.0 Å². The van der Waals surface area contributed by atoms with Crippen LogP contribution in [0.15, 0.2) is 18.2 Å². The molecule has 1 aromatic rings. The van der Waals surface area contributed by atoms with Crippen molar-refractivity contribution in [2.45, 2.75) is 12.8 Å². The summed E-state index contributed by atoms with van der Waals surface area (Å²) in [6, 6.07) is 5.43. The number of anilines is 1. The van der Waals surface area contributed by atoms with Gasteiger partial charge in [0.05, 0.1) is 25.1 Å². The summed E-state index contributed by atoms with van der Waals surface area (Å²) in [5, 5.41) is 8.53. The van der Waals surface area contributed by atoms with Crippen LogP contribution in [0.2, 0.25) is 0 Å². The third-order valence-corrected chi connectivity index (χ3v) is 2.71. The Morgan fingerprint density at radius 3 is 3.00 bits per heavy atom. The SMILES string of the molecule is CN1C(=O)Cc2cccc(OCCC(=O)O)c21. The van der Waals surface area contributed by atoms with Crippen molar-refractivity contribution in [3.8, 4) is 5.75 Å². The summed E-state index contributed by atoms with van der Waals surface area (Å²) in [6.45, 7) is 0.105. The van der Waals surface area contributed by atoms with Gasteiger partial charge in [-0.2, -0.15) is 0 Å². The predicted molar refractivity (Wildman–Crippen MR) is 61.3 cm³/mol. The smallest absolute Gasteiger partial charge is 0.306 e. The van der Waals surface area contributed by atoms with Gasteiger partial charge in [-0.25, -0.2) is 0 Å². The van der Waals surface area contributed by atoms with Crippen LogP contribution in [0.5, 0.6) is 5.75 Å². The Labute approximate surface area is 98.6 Å². The highest BCUT2D eigenvalue weighted by Crippen LogP contribution is 2.36. The molecule has 0 atom stereocenters. The number of likely N-dealkylation sites (N-methyl/N-ethyl adjacent to an activating group) is 1. The average molecular weight is 235 g/mol. The molecule has 5 heteroatoms. The largest absolute Gasteiger partial charge is 0.491 e. The predicted octanol–water partition coefficient (Wildman–Crippen LogP) is 1.06. The summed E-state index contributed by atoms with van der Waals surface area (Å²) >= 11 is 0. The molecule has 90 valence electrons. The van der Waals surface area contributed by atoms with Gasteiger partial charge in [0.25, 0.3) is 0 Å². The molecule has 1 heterocycles. The van der Waals surface area contributed by atoms with Crippen LogP contribution in [0.25, 0.3) is 0 Å². The van der Waals surface area contributed by atoms with Crippen LogP contribution in [0.3, 0.4) is 0 Å². The van der Waals surface area contributed by atoms with Crippen LogP contribution < -0.4 is 9.64 Å². The van der Waals surface area contributed by atoms with Gasteiger partial charge in [0.2, 0.25) is 5.91 Å². The van der Waals surface area contributed by atoms with Crippen molar-refractivity contribution >= 4 is 17.6 Å². The Morgan fingerprint density at radius 1 is 1.53 bits per heavy atom. The number of rotatable bonds is 4. The zero-order valence-electron chi connectivity index (χ0n) is 9.47. The second-order valence-electron chi connectivity index (χ2n) is 3.89. The number of fused-ring (bicyclic) bond motifs is 1. The first kappa shape index (κ1) is 11.4. The zero-order chi connectivity index (χ0) is 12.4. The maximum absolute atomic E-state index is 11.5. The Bertz CT molecular complexity index is 470. The monoisotopic (exact) mass is 235 g/mol. The lowest BCUT2D eigenvalue weighted by Crippen LogP contribution is -2.21. The summed E-state index contributed by atoms with van der Waals surface area (Å²) < 4.78 is 5.40. The van der Waals surface area contributed by atoms with Crippen LogP contribution >= 0.6 is 0 Å². The van der Waals surface area contributed by atoms with Gasteiger partial charge in [0.15, 0.2) is 0 Å². The van der Waals surface area contributed by atoms with Crippen molar-refractivity contribution in [2.75, 3.05) is 18.6 Å². The highest BCUT2D eigenvalue weighted by atomic mass is 16.5. The highest BCUT2D eigenvalue weighted by molar-refractivity contribution is 6.02. The number of para-hydroxylation sites is 1. The summed E-state index contributed by atoms with van der Waals surface area (Å²) in [6.07, 6.45) is 0.323. The minimum atomic E-state index is -0.901. The molecule has 0 bridgehead atoms. The summed E-state index contributed by atoms with van der Waals surface area (Å²) in [4.78, 5) is 23.5. The van der Waals surface area contributed by atoms with E-state index >= 15 is 0 Å². The number of nitrogens with zero attached hydrogens (tertiary/aromatic N) is 1. The number of carbonyl (C=O) groups excluding carboxylic acids is 1. The van der Waals surface area contributed by atoms with Crippen molar-refractivity contribution in [3.63, 3.8) is 0 Å². The third kappa shape index (κ3) is 2.22. The molecule has 0 spiro atoms. The molecule has 0 unspecified atom stereocenters. The molecule has 5 nitrogen and oxygen atoms in total. The van der Waals surface area contributed by atoms with Crippen molar-refractivity contribution in [1.82, 2.24) is 0 Å². The van der Waals surface area contributed by atoms with Gasteiger partial charge in [0, 0.05) is 7.05 Å². The number of ether oxygens (including phenoxy) is 1. The summed E-state index contributed by atoms with van der Waals surface area (Å²) in [5.74, 6) is -0.312. The number of carboxylic acids is 1. The lowest BCUT2D eigenvalue weighted by molar-refractivity contribution is -0.137. The molecule has 0 saturated heterocycles. The Hall–Kier alpha value is -2.04.